The van der Waals surface area contributed by atoms with Crippen molar-refractivity contribution in [2.45, 2.75) is 84.9 Å². The summed E-state index contributed by atoms with van der Waals surface area (Å²) < 4.78 is 16.8. The number of nitrogens with one attached hydrogen (secondary N) is 1. The van der Waals surface area contributed by atoms with E-state index in [4.69, 9.17) is 14.2 Å². The maximum absolute atomic E-state index is 12.8. The molecular weight excluding hydrogens is 494 g/mol. The van der Waals surface area contributed by atoms with Gasteiger partial charge in [-0.3, -0.25) is 9.59 Å². The Labute approximate surface area is 232 Å². The Morgan fingerprint density at radius 3 is 2.49 bits per heavy atom. The summed E-state index contributed by atoms with van der Waals surface area (Å²) in [4.78, 5) is 36.7. The molecule has 7 heteroatoms. The molecule has 1 aliphatic heterocycles. The average Bonchev–Trinajstić information content (AvgIpc) is 3.32. The number of carbonyl (C=O) groups excluding carboxylic acids is 3. The maximum atomic E-state index is 12.8. The molecule has 0 amide bonds. The number of ether oxygens (including phenoxy) is 3. The SMILES string of the molecule is C=C1CCC2C(C)(COC(C)=O)C(OC(C)=O)CCC2(C)C1CC(NC(C)c1ccccc1)C1=CCOC1=O. The summed E-state index contributed by atoms with van der Waals surface area (Å²) in [5.74, 6) is -0.683. The van der Waals surface area contributed by atoms with Crippen LogP contribution >= 0.6 is 0 Å². The van der Waals surface area contributed by atoms with E-state index in [9.17, 15) is 14.4 Å². The molecule has 0 spiro atoms. The topological polar surface area (TPSA) is 90.9 Å². The van der Waals surface area contributed by atoms with Crippen LogP contribution in [-0.4, -0.2) is 43.3 Å². The largest absolute Gasteiger partial charge is 0.465 e. The van der Waals surface area contributed by atoms with Crippen molar-refractivity contribution in [3.05, 3.63) is 59.7 Å². The van der Waals surface area contributed by atoms with Gasteiger partial charge in [-0.05, 0) is 67.9 Å². The van der Waals surface area contributed by atoms with Crippen LogP contribution in [0.15, 0.2) is 54.1 Å². The summed E-state index contributed by atoms with van der Waals surface area (Å²) in [6, 6.07) is 10.0. The summed E-state index contributed by atoms with van der Waals surface area (Å²) in [7, 11) is 0. The third-order valence-electron chi connectivity index (χ3n) is 9.56. The number of esters is 3. The van der Waals surface area contributed by atoms with Crippen molar-refractivity contribution in [1.29, 1.82) is 0 Å². The van der Waals surface area contributed by atoms with E-state index in [1.54, 1.807) is 0 Å². The molecule has 212 valence electrons. The molecule has 2 aliphatic carbocycles. The van der Waals surface area contributed by atoms with Crippen LogP contribution in [0.2, 0.25) is 0 Å². The van der Waals surface area contributed by atoms with Crippen molar-refractivity contribution >= 4 is 17.9 Å². The Hall–Kier alpha value is -2.93. The van der Waals surface area contributed by atoms with Crippen molar-refractivity contribution in [2.24, 2.45) is 22.7 Å². The van der Waals surface area contributed by atoms with Crippen molar-refractivity contribution in [3.8, 4) is 0 Å². The maximum Gasteiger partial charge on any atom is 0.335 e. The number of benzene rings is 1. The lowest BCUT2D eigenvalue weighted by atomic mass is 9.46. The Kier molecular flexibility index (Phi) is 8.69. The van der Waals surface area contributed by atoms with Gasteiger partial charge in [0, 0.05) is 31.3 Å². The molecule has 0 radical (unpaired) electrons. The molecule has 7 unspecified atom stereocenters. The molecule has 4 rings (SSSR count). The third kappa shape index (κ3) is 5.98. The van der Waals surface area contributed by atoms with E-state index >= 15 is 0 Å². The van der Waals surface area contributed by atoms with Gasteiger partial charge in [0.05, 0.1) is 5.57 Å². The smallest absolute Gasteiger partial charge is 0.335 e. The van der Waals surface area contributed by atoms with Crippen LogP contribution in [0.4, 0.5) is 0 Å². The van der Waals surface area contributed by atoms with Crippen LogP contribution in [0.1, 0.15) is 78.3 Å². The number of rotatable bonds is 9. The van der Waals surface area contributed by atoms with Gasteiger partial charge in [-0.25, -0.2) is 4.79 Å². The minimum atomic E-state index is -0.533. The lowest BCUT2D eigenvalue weighted by Crippen LogP contribution is -2.59. The van der Waals surface area contributed by atoms with E-state index in [2.05, 4.69) is 44.8 Å². The van der Waals surface area contributed by atoms with E-state index in [-0.39, 0.29) is 60.0 Å². The molecule has 2 saturated carbocycles. The van der Waals surface area contributed by atoms with Crippen molar-refractivity contribution < 1.29 is 28.6 Å². The van der Waals surface area contributed by atoms with Gasteiger partial charge in [0.25, 0.3) is 0 Å². The summed E-state index contributed by atoms with van der Waals surface area (Å²) in [6.45, 7) is 14.4. The number of hydrogen-bond donors (Lipinski definition) is 1. The first kappa shape index (κ1) is 29.1. The molecule has 3 aliphatic rings. The predicted molar refractivity (Wildman–Crippen MR) is 148 cm³/mol. The molecule has 0 aromatic heterocycles. The van der Waals surface area contributed by atoms with Crippen LogP contribution in [-0.2, 0) is 28.6 Å². The van der Waals surface area contributed by atoms with Crippen LogP contribution in [0.5, 0.6) is 0 Å². The molecule has 39 heavy (non-hydrogen) atoms. The van der Waals surface area contributed by atoms with Crippen molar-refractivity contribution in [3.63, 3.8) is 0 Å². The average molecular weight is 538 g/mol. The van der Waals surface area contributed by atoms with Crippen LogP contribution in [0, 0.1) is 22.7 Å². The Bertz CT molecular complexity index is 1130. The summed E-state index contributed by atoms with van der Waals surface area (Å²) >= 11 is 0. The fourth-order valence-corrected chi connectivity index (χ4v) is 7.57. The first-order chi connectivity index (χ1) is 18.5. The first-order valence-corrected chi connectivity index (χ1v) is 14.1. The Morgan fingerprint density at radius 2 is 1.87 bits per heavy atom. The predicted octanol–water partition coefficient (Wildman–Crippen LogP) is 5.46. The van der Waals surface area contributed by atoms with E-state index in [1.807, 2.05) is 24.3 Å². The monoisotopic (exact) mass is 537 g/mol. The number of allylic oxidation sites excluding steroid dienone is 1. The highest BCUT2D eigenvalue weighted by molar-refractivity contribution is 5.91. The molecule has 0 saturated heterocycles. The second kappa shape index (κ2) is 11.7. The summed E-state index contributed by atoms with van der Waals surface area (Å²) in [5, 5.41) is 3.73. The fraction of sp³-hybridized carbons (Fsp3) is 0.594. The number of hydrogen-bond acceptors (Lipinski definition) is 7. The minimum Gasteiger partial charge on any atom is -0.465 e. The highest BCUT2D eigenvalue weighted by Gasteiger charge is 2.60. The fourth-order valence-electron chi connectivity index (χ4n) is 7.57. The van der Waals surface area contributed by atoms with E-state index in [0.717, 1.165) is 24.8 Å². The standard InChI is InChI=1S/C32H43NO6/c1-20-12-13-28-31(5,16-14-29(39-23(4)35)32(28,6)19-38-22(3)34)26(20)18-27(25-15-17-37-30(25)36)33-21(2)24-10-8-7-9-11-24/h7-11,15,21,26-29,33H,1,12-14,16-19H2,2-6H3. The molecule has 1 aromatic carbocycles. The normalized spacial score (nSPS) is 31.9. The van der Waals surface area contributed by atoms with Gasteiger partial charge in [-0.1, -0.05) is 56.3 Å². The second-order valence-corrected chi connectivity index (χ2v) is 12.1. The van der Waals surface area contributed by atoms with Crippen LogP contribution < -0.4 is 5.32 Å². The molecule has 1 heterocycles. The van der Waals surface area contributed by atoms with Crippen LogP contribution in [0.25, 0.3) is 0 Å². The van der Waals surface area contributed by atoms with E-state index in [0.29, 0.717) is 25.0 Å². The van der Waals surface area contributed by atoms with Gasteiger partial charge in [-0.15, -0.1) is 0 Å². The summed E-state index contributed by atoms with van der Waals surface area (Å²) in [5.41, 5.74) is 2.29. The third-order valence-corrected chi connectivity index (χ3v) is 9.56. The van der Waals surface area contributed by atoms with E-state index < -0.39 is 5.41 Å². The highest BCUT2D eigenvalue weighted by Crippen LogP contribution is 2.62. The first-order valence-electron chi connectivity index (χ1n) is 14.1. The van der Waals surface area contributed by atoms with Gasteiger partial charge in [0.2, 0.25) is 0 Å². The minimum absolute atomic E-state index is 0.0277. The van der Waals surface area contributed by atoms with Gasteiger partial charge in [0.1, 0.15) is 19.3 Å². The molecule has 1 N–H and O–H groups in total. The summed E-state index contributed by atoms with van der Waals surface area (Å²) in [6.07, 6.45) is 5.50. The zero-order chi connectivity index (χ0) is 28.4. The lowest BCUT2D eigenvalue weighted by Gasteiger charge is -2.60. The number of fused-ring (bicyclic) bond motifs is 1. The molecule has 0 bridgehead atoms. The second-order valence-electron chi connectivity index (χ2n) is 12.1. The Balaban J connectivity index is 1.66. The zero-order valence-corrected chi connectivity index (χ0v) is 24.0. The van der Waals surface area contributed by atoms with Crippen molar-refractivity contribution in [1.82, 2.24) is 5.32 Å². The molecule has 7 atom stereocenters. The lowest BCUT2D eigenvalue weighted by molar-refractivity contribution is -0.191. The number of cyclic esters (lactones) is 1. The Morgan fingerprint density at radius 1 is 1.15 bits per heavy atom. The van der Waals surface area contributed by atoms with Gasteiger partial charge in [-0.2, -0.15) is 0 Å². The molecular formula is C32H43NO6. The quantitative estimate of drug-likeness (QED) is 0.254. The highest BCUT2D eigenvalue weighted by atomic mass is 16.6. The van der Waals surface area contributed by atoms with Crippen molar-refractivity contribution in [2.75, 3.05) is 13.2 Å². The molecule has 1 aromatic rings. The van der Waals surface area contributed by atoms with Crippen LogP contribution in [0.3, 0.4) is 0 Å². The molecule has 7 nitrogen and oxygen atoms in total. The van der Waals surface area contributed by atoms with Gasteiger partial charge >= 0.3 is 17.9 Å². The van der Waals surface area contributed by atoms with Gasteiger partial charge < -0.3 is 19.5 Å². The molecule has 2 fully saturated rings. The van der Waals surface area contributed by atoms with E-state index in [1.165, 1.54) is 19.4 Å². The number of carbonyl (C=O) groups is 3. The zero-order valence-electron chi connectivity index (χ0n) is 24.0. The van der Waals surface area contributed by atoms with Gasteiger partial charge in [0.15, 0.2) is 0 Å².